The number of thiophene rings is 1. The third-order valence-electron chi connectivity index (χ3n) is 4.78. The van der Waals surface area contributed by atoms with Crippen molar-refractivity contribution in [2.24, 2.45) is 5.92 Å². The summed E-state index contributed by atoms with van der Waals surface area (Å²) in [4.78, 5) is 24.6. The summed E-state index contributed by atoms with van der Waals surface area (Å²) in [6.07, 6.45) is 7.62. The third-order valence-corrected chi connectivity index (χ3v) is 5.88. The highest BCUT2D eigenvalue weighted by Crippen LogP contribution is 2.36. The molecule has 25 heavy (non-hydrogen) atoms. The molecule has 0 bridgehead atoms. The second-order valence-electron chi connectivity index (χ2n) is 6.62. The van der Waals surface area contributed by atoms with Crippen molar-refractivity contribution in [1.82, 2.24) is 0 Å². The van der Waals surface area contributed by atoms with Crippen LogP contribution >= 0.6 is 11.3 Å². The number of carbonyl (C=O) groups excluding carboxylic acids is 1. The van der Waals surface area contributed by atoms with Crippen LogP contribution in [0.1, 0.15) is 55.3 Å². The number of amides is 1. The first-order valence-corrected chi connectivity index (χ1v) is 9.67. The van der Waals surface area contributed by atoms with Crippen LogP contribution in [0.5, 0.6) is 0 Å². The molecule has 2 aromatic rings. The van der Waals surface area contributed by atoms with Crippen molar-refractivity contribution in [3.8, 4) is 10.4 Å². The van der Waals surface area contributed by atoms with Gasteiger partial charge in [0.05, 0.1) is 5.56 Å². The molecule has 0 saturated heterocycles. The van der Waals surface area contributed by atoms with Gasteiger partial charge < -0.3 is 10.4 Å². The number of anilines is 1. The topological polar surface area (TPSA) is 66.4 Å². The zero-order valence-electron chi connectivity index (χ0n) is 14.2. The number of hydrogen-bond donors (Lipinski definition) is 2. The minimum absolute atomic E-state index is 0.0884. The number of rotatable bonds is 6. The van der Waals surface area contributed by atoms with Crippen molar-refractivity contribution in [3.05, 3.63) is 42.0 Å². The number of hydrogen-bond acceptors (Lipinski definition) is 3. The molecule has 0 aliphatic heterocycles. The molecule has 1 aromatic carbocycles. The highest BCUT2D eigenvalue weighted by Gasteiger charge is 2.19. The summed E-state index contributed by atoms with van der Waals surface area (Å²) >= 11 is 1.32. The zero-order valence-corrected chi connectivity index (χ0v) is 15.0. The van der Waals surface area contributed by atoms with Crippen LogP contribution in [0.3, 0.4) is 0 Å². The van der Waals surface area contributed by atoms with E-state index in [1.54, 1.807) is 6.07 Å². The van der Waals surface area contributed by atoms with E-state index < -0.39 is 5.97 Å². The molecule has 5 heteroatoms. The Balaban J connectivity index is 1.67. The molecule has 0 radical (unpaired) electrons. The van der Waals surface area contributed by atoms with E-state index in [-0.39, 0.29) is 11.5 Å². The van der Waals surface area contributed by atoms with Gasteiger partial charge in [-0.25, -0.2) is 4.79 Å². The predicted molar refractivity (Wildman–Crippen MR) is 101 cm³/mol. The van der Waals surface area contributed by atoms with E-state index in [1.165, 1.54) is 43.4 Å². The van der Waals surface area contributed by atoms with Crippen LogP contribution in [0, 0.1) is 5.92 Å². The Morgan fingerprint density at radius 3 is 2.52 bits per heavy atom. The average molecular weight is 357 g/mol. The maximum absolute atomic E-state index is 12.3. The van der Waals surface area contributed by atoms with Gasteiger partial charge in [0.1, 0.15) is 5.00 Å². The van der Waals surface area contributed by atoms with Gasteiger partial charge in [-0.2, -0.15) is 0 Å². The lowest BCUT2D eigenvalue weighted by molar-refractivity contribution is -0.116. The van der Waals surface area contributed by atoms with Gasteiger partial charge in [-0.15, -0.1) is 11.3 Å². The molecule has 1 fully saturated rings. The predicted octanol–water partition coefficient (Wildman–Crippen LogP) is 5.41. The fraction of sp³-hybridized carbons (Fsp3) is 0.400. The van der Waals surface area contributed by atoms with E-state index in [9.17, 15) is 14.7 Å². The summed E-state index contributed by atoms with van der Waals surface area (Å²) < 4.78 is 0. The lowest BCUT2D eigenvalue weighted by Crippen LogP contribution is -2.15. The number of carbonyl (C=O) groups is 2. The molecule has 0 unspecified atom stereocenters. The Morgan fingerprint density at radius 1 is 1.12 bits per heavy atom. The monoisotopic (exact) mass is 357 g/mol. The first-order valence-electron chi connectivity index (χ1n) is 8.86. The lowest BCUT2D eigenvalue weighted by atomic mass is 9.86. The Kier molecular flexibility index (Phi) is 5.87. The van der Waals surface area contributed by atoms with Gasteiger partial charge in [0.15, 0.2) is 0 Å². The molecule has 0 atom stereocenters. The van der Waals surface area contributed by atoms with E-state index in [2.05, 4.69) is 5.32 Å². The summed E-state index contributed by atoms with van der Waals surface area (Å²) in [6, 6.07) is 11.3. The Morgan fingerprint density at radius 2 is 1.84 bits per heavy atom. The molecular weight excluding hydrogens is 334 g/mol. The molecule has 1 aliphatic carbocycles. The van der Waals surface area contributed by atoms with Crippen LogP contribution in [-0.2, 0) is 4.79 Å². The van der Waals surface area contributed by atoms with Gasteiger partial charge in [0.2, 0.25) is 5.91 Å². The smallest absolute Gasteiger partial charge is 0.338 e. The average Bonchev–Trinajstić information content (AvgIpc) is 3.06. The van der Waals surface area contributed by atoms with E-state index >= 15 is 0 Å². The number of aromatic carboxylic acids is 1. The van der Waals surface area contributed by atoms with Crippen LogP contribution in [0.4, 0.5) is 5.00 Å². The molecule has 1 amide bonds. The Labute approximate surface area is 151 Å². The SMILES string of the molecule is O=C(CCC1CCCCC1)Nc1sc(-c2ccccc2)cc1C(=O)O. The molecular formula is C20H23NO3S. The largest absolute Gasteiger partial charge is 0.478 e. The quantitative estimate of drug-likeness (QED) is 0.726. The van der Waals surface area contributed by atoms with Crippen molar-refractivity contribution in [2.75, 3.05) is 5.32 Å². The van der Waals surface area contributed by atoms with Crippen LogP contribution in [0.15, 0.2) is 36.4 Å². The third kappa shape index (κ3) is 4.69. The normalized spacial score (nSPS) is 15.0. The highest BCUT2D eigenvalue weighted by atomic mass is 32.1. The molecule has 1 aromatic heterocycles. The number of nitrogens with one attached hydrogen (secondary N) is 1. The maximum Gasteiger partial charge on any atom is 0.338 e. The second kappa shape index (κ2) is 8.30. The van der Waals surface area contributed by atoms with Gasteiger partial charge in [-0.05, 0) is 24.0 Å². The van der Waals surface area contributed by atoms with Crippen LogP contribution in [-0.4, -0.2) is 17.0 Å². The summed E-state index contributed by atoms with van der Waals surface area (Å²) in [7, 11) is 0. The lowest BCUT2D eigenvalue weighted by Gasteiger charge is -2.20. The molecule has 1 saturated carbocycles. The number of carboxylic acids is 1. The highest BCUT2D eigenvalue weighted by molar-refractivity contribution is 7.20. The Hall–Kier alpha value is -2.14. The van der Waals surface area contributed by atoms with Crippen molar-refractivity contribution in [2.45, 2.75) is 44.9 Å². The molecule has 3 rings (SSSR count). The molecule has 1 heterocycles. The standard InChI is InChI=1S/C20H23NO3S/c22-18(12-11-14-7-3-1-4-8-14)21-19-16(20(23)24)13-17(25-19)15-9-5-2-6-10-15/h2,5-6,9-10,13-14H,1,3-4,7-8,11-12H2,(H,21,22)(H,23,24). The van der Waals surface area contributed by atoms with Crippen LogP contribution < -0.4 is 5.32 Å². The number of benzene rings is 1. The van der Waals surface area contributed by atoms with Crippen molar-refractivity contribution in [3.63, 3.8) is 0 Å². The summed E-state index contributed by atoms with van der Waals surface area (Å²) in [5, 5.41) is 12.7. The van der Waals surface area contributed by atoms with Crippen molar-refractivity contribution < 1.29 is 14.7 Å². The molecule has 0 spiro atoms. The number of carboxylic acid groups (broad SMARTS) is 1. The van der Waals surface area contributed by atoms with Crippen LogP contribution in [0.25, 0.3) is 10.4 Å². The molecule has 132 valence electrons. The second-order valence-corrected chi connectivity index (χ2v) is 7.67. The van der Waals surface area contributed by atoms with Crippen LogP contribution in [0.2, 0.25) is 0 Å². The first kappa shape index (κ1) is 17.7. The fourth-order valence-electron chi connectivity index (χ4n) is 3.39. The van der Waals surface area contributed by atoms with Crippen molar-refractivity contribution in [1.29, 1.82) is 0 Å². The van der Waals surface area contributed by atoms with Gasteiger partial charge in [0.25, 0.3) is 0 Å². The Bertz CT molecular complexity index is 733. The minimum atomic E-state index is -1.01. The maximum atomic E-state index is 12.3. The summed E-state index contributed by atoms with van der Waals surface area (Å²) in [5.74, 6) is -0.461. The minimum Gasteiger partial charge on any atom is -0.478 e. The van der Waals surface area contributed by atoms with E-state index in [0.29, 0.717) is 17.3 Å². The summed E-state index contributed by atoms with van der Waals surface area (Å²) in [6.45, 7) is 0. The first-order chi connectivity index (χ1) is 12.1. The fourth-order valence-corrected chi connectivity index (χ4v) is 4.46. The summed E-state index contributed by atoms with van der Waals surface area (Å²) in [5.41, 5.74) is 1.12. The van der Waals surface area contributed by atoms with Gasteiger partial charge in [-0.1, -0.05) is 62.4 Å². The molecule has 1 aliphatic rings. The van der Waals surface area contributed by atoms with Crippen molar-refractivity contribution >= 4 is 28.2 Å². The van der Waals surface area contributed by atoms with Gasteiger partial charge >= 0.3 is 5.97 Å². The van der Waals surface area contributed by atoms with E-state index in [4.69, 9.17) is 0 Å². The molecule has 4 nitrogen and oxygen atoms in total. The van der Waals surface area contributed by atoms with E-state index in [0.717, 1.165) is 16.9 Å². The molecule has 2 N–H and O–H groups in total. The van der Waals surface area contributed by atoms with Gasteiger partial charge in [0, 0.05) is 11.3 Å². The van der Waals surface area contributed by atoms with Gasteiger partial charge in [-0.3, -0.25) is 4.79 Å². The van der Waals surface area contributed by atoms with E-state index in [1.807, 2.05) is 30.3 Å². The zero-order chi connectivity index (χ0) is 17.6.